The van der Waals surface area contributed by atoms with Gasteiger partial charge in [0.1, 0.15) is 5.82 Å². The molecule has 2 nitrogen and oxygen atoms in total. The van der Waals surface area contributed by atoms with Crippen LogP contribution in [0.2, 0.25) is 0 Å². The quantitative estimate of drug-likeness (QED) is 0.888. The number of pyridine rings is 1. The summed E-state index contributed by atoms with van der Waals surface area (Å²) in [6.45, 7) is 4.99. The fourth-order valence-electron chi connectivity index (χ4n) is 2.16. The summed E-state index contributed by atoms with van der Waals surface area (Å²) in [4.78, 5) is 3.93. The van der Waals surface area contributed by atoms with Gasteiger partial charge in [0, 0.05) is 6.20 Å². The summed E-state index contributed by atoms with van der Waals surface area (Å²) in [6.07, 6.45) is 3.96. The maximum absolute atomic E-state index is 13.3. The summed E-state index contributed by atoms with van der Waals surface area (Å²) in [7, 11) is 0. The highest BCUT2D eigenvalue weighted by atomic mass is 19.1. The summed E-state index contributed by atoms with van der Waals surface area (Å²) >= 11 is 0. The minimum Gasteiger partial charge on any atom is -0.306 e. The molecule has 0 radical (unpaired) electrons. The first-order valence-corrected chi connectivity index (χ1v) is 6.67. The number of hydrogen-bond donors (Lipinski definition) is 1. The molecule has 0 fully saturated rings. The van der Waals surface area contributed by atoms with Gasteiger partial charge in [0.2, 0.25) is 0 Å². The van der Waals surface area contributed by atoms with Crippen LogP contribution >= 0.6 is 0 Å². The maximum Gasteiger partial charge on any atom is 0.141 e. The zero-order valence-corrected chi connectivity index (χ0v) is 11.4. The van der Waals surface area contributed by atoms with E-state index in [1.165, 1.54) is 17.8 Å². The van der Waals surface area contributed by atoms with Crippen molar-refractivity contribution in [2.45, 2.75) is 26.3 Å². The van der Waals surface area contributed by atoms with Crippen molar-refractivity contribution in [3.05, 3.63) is 65.2 Å². The van der Waals surface area contributed by atoms with E-state index in [0.29, 0.717) is 0 Å². The summed E-state index contributed by atoms with van der Waals surface area (Å²) in [5, 5.41) is 3.37. The Kier molecular flexibility index (Phi) is 4.63. The number of aryl methyl sites for hydroxylation is 1. The zero-order chi connectivity index (χ0) is 13.7. The molecule has 0 bridgehead atoms. The third kappa shape index (κ3) is 3.38. The van der Waals surface area contributed by atoms with Crippen LogP contribution < -0.4 is 5.32 Å². The Morgan fingerprint density at radius 1 is 1.11 bits per heavy atom. The number of nitrogens with zero attached hydrogens (tertiary/aromatic N) is 1. The molecule has 1 aromatic heterocycles. The van der Waals surface area contributed by atoms with Crippen LogP contribution in [-0.2, 0) is 6.42 Å². The first-order valence-electron chi connectivity index (χ1n) is 6.67. The Balaban J connectivity index is 2.33. The van der Waals surface area contributed by atoms with Crippen LogP contribution in [0.25, 0.3) is 0 Å². The smallest absolute Gasteiger partial charge is 0.141 e. The second-order valence-electron chi connectivity index (χ2n) is 4.52. The third-order valence-electron chi connectivity index (χ3n) is 3.19. The molecule has 0 amide bonds. The molecule has 100 valence electrons. The van der Waals surface area contributed by atoms with Crippen molar-refractivity contribution in [1.29, 1.82) is 0 Å². The van der Waals surface area contributed by atoms with Crippen molar-refractivity contribution in [3.63, 3.8) is 0 Å². The molecule has 19 heavy (non-hydrogen) atoms. The maximum atomic E-state index is 13.3. The molecule has 1 N–H and O–H groups in total. The number of halogens is 1. The van der Waals surface area contributed by atoms with Crippen molar-refractivity contribution < 1.29 is 4.39 Å². The van der Waals surface area contributed by atoms with Crippen molar-refractivity contribution in [1.82, 2.24) is 10.3 Å². The molecular weight excluding hydrogens is 239 g/mol. The van der Waals surface area contributed by atoms with Crippen LogP contribution in [0.4, 0.5) is 4.39 Å². The van der Waals surface area contributed by atoms with E-state index in [1.807, 2.05) is 6.92 Å². The lowest BCUT2D eigenvalue weighted by Gasteiger charge is -2.19. The molecule has 0 aliphatic rings. The predicted molar refractivity (Wildman–Crippen MR) is 75.5 cm³/mol. The lowest BCUT2D eigenvalue weighted by Crippen LogP contribution is -2.22. The van der Waals surface area contributed by atoms with Gasteiger partial charge in [0.05, 0.1) is 12.2 Å². The monoisotopic (exact) mass is 258 g/mol. The Morgan fingerprint density at radius 2 is 1.84 bits per heavy atom. The molecule has 0 saturated carbocycles. The molecule has 2 rings (SSSR count). The molecule has 1 aromatic carbocycles. The molecular formula is C16H19FN2. The molecule has 0 aliphatic carbocycles. The van der Waals surface area contributed by atoms with Gasteiger partial charge in [-0.2, -0.15) is 0 Å². The van der Waals surface area contributed by atoms with Crippen molar-refractivity contribution in [2.24, 2.45) is 0 Å². The summed E-state index contributed by atoms with van der Waals surface area (Å²) in [5.41, 5.74) is 3.29. The van der Waals surface area contributed by atoms with Gasteiger partial charge in [-0.3, -0.25) is 4.98 Å². The SMILES string of the molecule is CCNC(c1ccc(CC)cc1)c1cncc(F)c1. The molecule has 1 heterocycles. The Bertz CT molecular complexity index is 523. The van der Waals surface area contributed by atoms with E-state index in [1.54, 1.807) is 6.20 Å². The van der Waals surface area contributed by atoms with Crippen LogP contribution in [-0.4, -0.2) is 11.5 Å². The van der Waals surface area contributed by atoms with Gasteiger partial charge in [0.15, 0.2) is 0 Å². The predicted octanol–water partition coefficient (Wildman–Crippen LogP) is 3.48. The number of hydrogen-bond acceptors (Lipinski definition) is 2. The van der Waals surface area contributed by atoms with E-state index in [2.05, 4.69) is 41.5 Å². The van der Waals surface area contributed by atoms with Gasteiger partial charge in [-0.15, -0.1) is 0 Å². The van der Waals surface area contributed by atoms with Gasteiger partial charge in [-0.05, 0) is 35.7 Å². The minimum atomic E-state index is -0.300. The Hall–Kier alpha value is -1.74. The van der Waals surface area contributed by atoms with Gasteiger partial charge in [-0.1, -0.05) is 38.1 Å². The average molecular weight is 258 g/mol. The molecule has 1 atom stereocenters. The molecule has 3 heteroatoms. The summed E-state index contributed by atoms with van der Waals surface area (Å²) in [6, 6.07) is 9.94. The number of aromatic nitrogens is 1. The number of rotatable bonds is 5. The van der Waals surface area contributed by atoms with E-state index >= 15 is 0 Å². The van der Waals surface area contributed by atoms with Crippen LogP contribution in [0.3, 0.4) is 0 Å². The van der Waals surface area contributed by atoms with E-state index < -0.39 is 0 Å². The zero-order valence-electron chi connectivity index (χ0n) is 11.4. The molecule has 0 saturated heterocycles. The van der Waals surface area contributed by atoms with Gasteiger partial charge in [-0.25, -0.2) is 4.39 Å². The topological polar surface area (TPSA) is 24.9 Å². The minimum absolute atomic E-state index is 0.0147. The third-order valence-corrected chi connectivity index (χ3v) is 3.19. The van der Waals surface area contributed by atoms with Gasteiger partial charge in [0.25, 0.3) is 0 Å². The van der Waals surface area contributed by atoms with Crippen LogP contribution in [0.15, 0.2) is 42.7 Å². The second-order valence-corrected chi connectivity index (χ2v) is 4.52. The van der Waals surface area contributed by atoms with Crippen molar-refractivity contribution in [2.75, 3.05) is 6.54 Å². The van der Waals surface area contributed by atoms with Crippen molar-refractivity contribution in [3.8, 4) is 0 Å². The fraction of sp³-hybridized carbons (Fsp3) is 0.312. The van der Waals surface area contributed by atoms with Gasteiger partial charge >= 0.3 is 0 Å². The lowest BCUT2D eigenvalue weighted by atomic mass is 9.98. The lowest BCUT2D eigenvalue weighted by molar-refractivity contribution is 0.596. The molecule has 2 aromatic rings. The highest BCUT2D eigenvalue weighted by molar-refractivity contribution is 5.32. The molecule has 0 aliphatic heterocycles. The Morgan fingerprint density at radius 3 is 2.42 bits per heavy atom. The number of nitrogens with one attached hydrogen (secondary N) is 1. The van der Waals surface area contributed by atoms with Gasteiger partial charge < -0.3 is 5.32 Å². The average Bonchev–Trinajstić information content (AvgIpc) is 2.45. The Labute approximate surface area is 113 Å². The van der Waals surface area contributed by atoms with Crippen LogP contribution in [0.1, 0.15) is 36.6 Å². The summed E-state index contributed by atoms with van der Waals surface area (Å²) in [5.74, 6) is -0.300. The molecule has 1 unspecified atom stereocenters. The largest absolute Gasteiger partial charge is 0.306 e. The first kappa shape index (κ1) is 13.7. The fourth-order valence-corrected chi connectivity index (χ4v) is 2.16. The standard InChI is InChI=1S/C16H19FN2/c1-3-12-5-7-13(8-6-12)16(19-4-2)14-9-15(17)11-18-10-14/h5-11,16,19H,3-4H2,1-2H3. The van der Waals surface area contributed by atoms with Crippen molar-refractivity contribution >= 4 is 0 Å². The molecule has 0 spiro atoms. The van der Waals surface area contributed by atoms with E-state index in [0.717, 1.165) is 24.1 Å². The number of benzene rings is 1. The van der Waals surface area contributed by atoms with E-state index in [-0.39, 0.29) is 11.9 Å². The second kappa shape index (κ2) is 6.43. The van der Waals surface area contributed by atoms with E-state index in [4.69, 9.17) is 0 Å². The van der Waals surface area contributed by atoms with Crippen LogP contribution in [0, 0.1) is 5.82 Å². The first-order chi connectivity index (χ1) is 9.24. The highest BCUT2D eigenvalue weighted by Crippen LogP contribution is 2.22. The van der Waals surface area contributed by atoms with E-state index in [9.17, 15) is 4.39 Å². The summed E-state index contributed by atoms with van der Waals surface area (Å²) < 4.78 is 13.3. The highest BCUT2D eigenvalue weighted by Gasteiger charge is 2.13. The van der Waals surface area contributed by atoms with Crippen LogP contribution in [0.5, 0.6) is 0 Å². The normalized spacial score (nSPS) is 12.4.